The Balaban J connectivity index is 2.28. The Bertz CT molecular complexity index is 692. The molecule has 1 N–H and O–H groups in total. The Labute approximate surface area is 133 Å². The van der Waals surface area contributed by atoms with Gasteiger partial charge in [0.25, 0.3) is 0 Å². The predicted molar refractivity (Wildman–Crippen MR) is 90.2 cm³/mol. The number of benzene rings is 2. The van der Waals surface area contributed by atoms with Crippen LogP contribution in [0.3, 0.4) is 0 Å². The van der Waals surface area contributed by atoms with Crippen LogP contribution in [0.1, 0.15) is 37.9 Å². The summed E-state index contributed by atoms with van der Waals surface area (Å²) >= 11 is 0. The second-order valence-electron chi connectivity index (χ2n) is 5.75. The molecule has 118 valence electrons. The molecule has 0 aromatic heterocycles. The van der Waals surface area contributed by atoms with Gasteiger partial charge in [0.05, 0.1) is 4.90 Å². The topological polar surface area (TPSA) is 46.2 Å². The van der Waals surface area contributed by atoms with Gasteiger partial charge in [-0.1, -0.05) is 63.2 Å². The first-order chi connectivity index (χ1) is 10.4. The van der Waals surface area contributed by atoms with E-state index in [1.807, 2.05) is 63.2 Å². The number of rotatable bonds is 6. The number of aryl methyl sites for hydroxylation is 1. The van der Waals surface area contributed by atoms with Gasteiger partial charge in [-0.25, -0.2) is 13.1 Å². The second-order valence-corrected chi connectivity index (χ2v) is 7.47. The molecule has 1 unspecified atom stereocenters. The van der Waals surface area contributed by atoms with Crippen molar-refractivity contribution in [3.8, 4) is 0 Å². The van der Waals surface area contributed by atoms with Crippen LogP contribution in [0.4, 0.5) is 0 Å². The largest absolute Gasteiger partial charge is 0.241 e. The third kappa shape index (κ3) is 3.96. The van der Waals surface area contributed by atoms with E-state index >= 15 is 0 Å². The fourth-order valence-electron chi connectivity index (χ4n) is 2.39. The molecule has 0 saturated heterocycles. The van der Waals surface area contributed by atoms with Gasteiger partial charge in [-0.05, 0) is 35.6 Å². The summed E-state index contributed by atoms with van der Waals surface area (Å²) in [6.45, 7) is 6.08. The van der Waals surface area contributed by atoms with Crippen LogP contribution in [0.2, 0.25) is 0 Å². The van der Waals surface area contributed by atoms with Crippen molar-refractivity contribution in [3.63, 3.8) is 0 Å². The van der Waals surface area contributed by atoms with Gasteiger partial charge in [0, 0.05) is 6.04 Å². The zero-order valence-electron chi connectivity index (χ0n) is 13.3. The van der Waals surface area contributed by atoms with Crippen molar-refractivity contribution in [1.29, 1.82) is 0 Å². The number of sulfonamides is 1. The molecule has 2 aromatic carbocycles. The van der Waals surface area contributed by atoms with E-state index in [-0.39, 0.29) is 12.0 Å². The van der Waals surface area contributed by atoms with Gasteiger partial charge in [-0.3, -0.25) is 0 Å². The summed E-state index contributed by atoms with van der Waals surface area (Å²) < 4.78 is 28.1. The van der Waals surface area contributed by atoms with Crippen molar-refractivity contribution in [2.75, 3.05) is 0 Å². The molecule has 0 aliphatic heterocycles. The van der Waals surface area contributed by atoms with E-state index in [0.717, 1.165) is 17.5 Å². The molecule has 0 radical (unpaired) electrons. The lowest BCUT2D eigenvalue weighted by Gasteiger charge is -2.23. The zero-order chi connectivity index (χ0) is 16.2. The third-order valence-corrected chi connectivity index (χ3v) is 5.21. The molecule has 0 spiro atoms. The van der Waals surface area contributed by atoms with Crippen LogP contribution in [-0.4, -0.2) is 8.42 Å². The molecule has 1 atom stereocenters. The lowest BCUT2D eigenvalue weighted by Crippen LogP contribution is -2.31. The molecule has 0 fully saturated rings. The summed E-state index contributed by atoms with van der Waals surface area (Å²) in [6, 6.07) is 16.5. The predicted octanol–water partition coefficient (Wildman–Crippen LogP) is 3.92. The van der Waals surface area contributed by atoms with E-state index in [0.29, 0.717) is 4.90 Å². The summed E-state index contributed by atoms with van der Waals surface area (Å²) in [4.78, 5) is 0.311. The molecule has 3 nitrogen and oxygen atoms in total. The molecule has 0 heterocycles. The molecular weight excluding hydrogens is 294 g/mol. The average Bonchev–Trinajstić information content (AvgIpc) is 2.53. The van der Waals surface area contributed by atoms with Crippen molar-refractivity contribution in [2.24, 2.45) is 5.92 Å². The highest BCUT2D eigenvalue weighted by Gasteiger charge is 2.23. The first kappa shape index (κ1) is 16.7. The normalized spacial score (nSPS) is 13.3. The Morgan fingerprint density at radius 3 is 2.05 bits per heavy atom. The minimum absolute atomic E-state index is 0.159. The SMILES string of the molecule is CCc1ccc(S(=O)(=O)NC(c2ccccc2)C(C)C)cc1. The molecule has 0 saturated carbocycles. The van der Waals surface area contributed by atoms with E-state index in [1.165, 1.54) is 0 Å². The van der Waals surface area contributed by atoms with Crippen molar-refractivity contribution >= 4 is 10.0 Å². The van der Waals surface area contributed by atoms with Crippen LogP contribution in [0.5, 0.6) is 0 Å². The van der Waals surface area contributed by atoms with Crippen LogP contribution in [-0.2, 0) is 16.4 Å². The minimum atomic E-state index is -3.53. The van der Waals surface area contributed by atoms with Crippen LogP contribution >= 0.6 is 0 Å². The van der Waals surface area contributed by atoms with Crippen molar-refractivity contribution in [3.05, 3.63) is 65.7 Å². The molecule has 2 rings (SSSR count). The van der Waals surface area contributed by atoms with Gasteiger partial charge < -0.3 is 0 Å². The fourth-order valence-corrected chi connectivity index (χ4v) is 3.76. The fraction of sp³-hybridized carbons (Fsp3) is 0.333. The first-order valence-corrected chi connectivity index (χ1v) is 9.08. The van der Waals surface area contributed by atoms with Crippen LogP contribution in [0.15, 0.2) is 59.5 Å². The van der Waals surface area contributed by atoms with Crippen molar-refractivity contribution in [2.45, 2.75) is 38.1 Å². The third-order valence-electron chi connectivity index (χ3n) is 3.75. The van der Waals surface area contributed by atoms with Crippen LogP contribution in [0.25, 0.3) is 0 Å². The van der Waals surface area contributed by atoms with Gasteiger partial charge in [0.2, 0.25) is 10.0 Å². The van der Waals surface area contributed by atoms with Gasteiger partial charge in [0.15, 0.2) is 0 Å². The van der Waals surface area contributed by atoms with Gasteiger partial charge >= 0.3 is 0 Å². The quantitative estimate of drug-likeness (QED) is 0.877. The highest BCUT2D eigenvalue weighted by Crippen LogP contribution is 2.24. The summed E-state index contributed by atoms with van der Waals surface area (Å²) in [5, 5.41) is 0. The molecule has 0 amide bonds. The Morgan fingerprint density at radius 1 is 0.955 bits per heavy atom. The molecular formula is C18H23NO2S. The van der Waals surface area contributed by atoms with E-state index in [4.69, 9.17) is 0 Å². The molecule has 0 bridgehead atoms. The molecule has 2 aromatic rings. The Kier molecular flexibility index (Phi) is 5.37. The molecule has 0 aliphatic carbocycles. The van der Waals surface area contributed by atoms with Gasteiger partial charge in [-0.15, -0.1) is 0 Å². The Morgan fingerprint density at radius 2 is 1.55 bits per heavy atom. The molecule has 4 heteroatoms. The molecule has 22 heavy (non-hydrogen) atoms. The first-order valence-electron chi connectivity index (χ1n) is 7.60. The lowest BCUT2D eigenvalue weighted by molar-refractivity contribution is 0.463. The van der Waals surface area contributed by atoms with E-state index in [2.05, 4.69) is 4.72 Å². The standard InChI is InChI=1S/C18H23NO2S/c1-4-15-10-12-17(13-11-15)22(20,21)19-18(14(2)3)16-8-6-5-7-9-16/h5-14,18-19H,4H2,1-3H3. The smallest absolute Gasteiger partial charge is 0.207 e. The zero-order valence-corrected chi connectivity index (χ0v) is 14.1. The van der Waals surface area contributed by atoms with Gasteiger partial charge in [-0.2, -0.15) is 0 Å². The summed E-state index contributed by atoms with van der Waals surface area (Å²) in [5.74, 6) is 0.159. The van der Waals surface area contributed by atoms with Crippen molar-refractivity contribution in [1.82, 2.24) is 4.72 Å². The van der Waals surface area contributed by atoms with Gasteiger partial charge in [0.1, 0.15) is 0 Å². The van der Waals surface area contributed by atoms with Crippen LogP contribution < -0.4 is 4.72 Å². The monoisotopic (exact) mass is 317 g/mol. The second kappa shape index (κ2) is 7.07. The van der Waals surface area contributed by atoms with E-state index in [9.17, 15) is 8.42 Å². The molecule has 0 aliphatic rings. The minimum Gasteiger partial charge on any atom is -0.207 e. The summed E-state index contributed by atoms with van der Waals surface area (Å²) in [7, 11) is -3.53. The highest BCUT2D eigenvalue weighted by molar-refractivity contribution is 7.89. The number of hydrogen-bond acceptors (Lipinski definition) is 2. The maximum absolute atomic E-state index is 12.6. The maximum Gasteiger partial charge on any atom is 0.241 e. The number of hydrogen-bond donors (Lipinski definition) is 1. The van der Waals surface area contributed by atoms with E-state index < -0.39 is 10.0 Å². The number of nitrogens with one attached hydrogen (secondary N) is 1. The summed E-state index contributed by atoms with van der Waals surface area (Å²) in [5.41, 5.74) is 2.11. The summed E-state index contributed by atoms with van der Waals surface area (Å²) in [6.07, 6.45) is 0.895. The highest BCUT2D eigenvalue weighted by atomic mass is 32.2. The van der Waals surface area contributed by atoms with Crippen molar-refractivity contribution < 1.29 is 8.42 Å². The average molecular weight is 317 g/mol. The maximum atomic E-state index is 12.6. The van der Waals surface area contributed by atoms with Crippen LogP contribution in [0, 0.1) is 5.92 Å². The Hall–Kier alpha value is -1.65. The van der Waals surface area contributed by atoms with E-state index in [1.54, 1.807) is 12.1 Å². The lowest BCUT2D eigenvalue weighted by atomic mass is 9.97.